The molecule has 1 saturated carbocycles. The Balaban J connectivity index is 2.01. The number of halogens is 1. The van der Waals surface area contributed by atoms with Crippen molar-refractivity contribution in [1.82, 2.24) is 5.32 Å². The highest BCUT2D eigenvalue weighted by Gasteiger charge is 2.27. The summed E-state index contributed by atoms with van der Waals surface area (Å²) in [7, 11) is 0. The van der Waals surface area contributed by atoms with E-state index >= 15 is 0 Å². The topological polar surface area (TPSA) is 81.4 Å². The molecule has 1 aliphatic carbocycles. The minimum absolute atomic E-state index is 0.00308. The van der Waals surface area contributed by atoms with Crippen LogP contribution in [0.15, 0.2) is 12.1 Å². The molecule has 20 heavy (non-hydrogen) atoms. The predicted molar refractivity (Wildman–Crippen MR) is 71.6 cm³/mol. The minimum atomic E-state index is -0.923. The quantitative estimate of drug-likeness (QED) is 0.647. The van der Waals surface area contributed by atoms with Crippen molar-refractivity contribution in [3.8, 4) is 0 Å². The Hall–Kier alpha value is -2.11. The maximum absolute atomic E-state index is 13.5. The molecule has 3 N–H and O–H groups in total. The maximum atomic E-state index is 13.5. The Kier molecular flexibility index (Phi) is 3.92. The summed E-state index contributed by atoms with van der Waals surface area (Å²) in [6.45, 7) is 3.00. The van der Waals surface area contributed by atoms with E-state index in [1.54, 1.807) is 0 Å². The third kappa shape index (κ3) is 3.26. The van der Waals surface area contributed by atoms with Crippen LogP contribution in [0.2, 0.25) is 0 Å². The van der Waals surface area contributed by atoms with Crippen LogP contribution >= 0.6 is 0 Å². The van der Waals surface area contributed by atoms with Crippen molar-refractivity contribution < 1.29 is 18.7 Å². The van der Waals surface area contributed by atoms with Crippen LogP contribution in [0, 0.1) is 12.7 Å². The molecule has 1 aromatic rings. The third-order valence-electron chi connectivity index (χ3n) is 3.20. The average Bonchev–Trinajstić information content (AvgIpc) is 3.18. The van der Waals surface area contributed by atoms with E-state index in [-0.39, 0.29) is 28.8 Å². The van der Waals surface area contributed by atoms with E-state index in [1.807, 2.05) is 0 Å². The molecule has 1 atom stereocenters. The molecule has 1 aromatic carbocycles. The van der Waals surface area contributed by atoms with Crippen molar-refractivity contribution in [3.63, 3.8) is 0 Å². The van der Waals surface area contributed by atoms with Crippen LogP contribution in [-0.2, 0) is 9.53 Å². The summed E-state index contributed by atoms with van der Waals surface area (Å²) < 4.78 is 18.5. The molecular formula is C14H17FN2O3. The number of anilines is 1. The maximum Gasteiger partial charge on any atom is 0.339 e. The zero-order valence-electron chi connectivity index (χ0n) is 11.4. The van der Waals surface area contributed by atoms with Crippen LogP contribution in [0.25, 0.3) is 0 Å². The predicted octanol–water partition coefficient (Wildman–Crippen LogP) is 1.54. The average molecular weight is 280 g/mol. The van der Waals surface area contributed by atoms with E-state index in [0.29, 0.717) is 0 Å². The molecular weight excluding hydrogens is 263 g/mol. The first-order valence-corrected chi connectivity index (χ1v) is 6.45. The Labute approximate surface area is 116 Å². The van der Waals surface area contributed by atoms with Crippen LogP contribution in [0.1, 0.15) is 35.7 Å². The smallest absolute Gasteiger partial charge is 0.339 e. The second-order valence-corrected chi connectivity index (χ2v) is 5.00. The normalized spacial score (nSPS) is 15.6. The van der Waals surface area contributed by atoms with Gasteiger partial charge >= 0.3 is 5.97 Å². The minimum Gasteiger partial charge on any atom is -0.449 e. The molecule has 6 heteroatoms. The third-order valence-corrected chi connectivity index (χ3v) is 3.20. The van der Waals surface area contributed by atoms with Crippen LogP contribution in [0.5, 0.6) is 0 Å². The summed E-state index contributed by atoms with van der Waals surface area (Å²) in [6.07, 6.45) is 0.979. The monoisotopic (exact) mass is 280 g/mol. The molecule has 2 rings (SSSR count). The van der Waals surface area contributed by atoms with Gasteiger partial charge in [-0.05, 0) is 38.8 Å². The molecule has 0 aliphatic heterocycles. The molecule has 5 nitrogen and oxygen atoms in total. The van der Waals surface area contributed by atoms with Crippen LogP contribution < -0.4 is 11.1 Å². The van der Waals surface area contributed by atoms with Gasteiger partial charge in [-0.25, -0.2) is 9.18 Å². The lowest BCUT2D eigenvalue weighted by atomic mass is 10.1. The lowest BCUT2D eigenvalue weighted by molar-refractivity contribution is -0.129. The summed E-state index contributed by atoms with van der Waals surface area (Å²) in [5, 5.41) is 2.73. The number of nitrogens with two attached hydrogens (primary N) is 1. The van der Waals surface area contributed by atoms with Crippen LogP contribution in [0.3, 0.4) is 0 Å². The summed E-state index contributed by atoms with van der Waals surface area (Å²) in [6, 6.07) is 2.59. The summed E-state index contributed by atoms with van der Waals surface area (Å²) in [5.74, 6) is -1.69. The number of esters is 1. The van der Waals surface area contributed by atoms with Gasteiger partial charge in [0, 0.05) is 17.3 Å². The number of carbonyl (C=O) groups excluding carboxylic acids is 2. The Bertz CT molecular complexity index is 532. The highest BCUT2D eigenvalue weighted by atomic mass is 19.1. The Morgan fingerprint density at radius 2 is 2.10 bits per heavy atom. The molecule has 108 valence electrons. The molecule has 0 saturated heterocycles. The number of hydrogen-bond donors (Lipinski definition) is 2. The van der Waals surface area contributed by atoms with Crippen molar-refractivity contribution in [1.29, 1.82) is 0 Å². The van der Waals surface area contributed by atoms with E-state index in [4.69, 9.17) is 10.5 Å². The van der Waals surface area contributed by atoms with E-state index < -0.39 is 17.9 Å². The standard InChI is InChI=1S/C14H17FN2O3/c1-7-11(15)5-9(6-12(7)16)14(19)20-8(2)13(18)17-10-3-4-10/h5-6,8,10H,3-4,16H2,1-2H3,(H,17,18). The van der Waals surface area contributed by atoms with E-state index in [2.05, 4.69) is 5.32 Å². The zero-order valence-corrected chi connectivity index (χ0v) is 11.4. The van der Waals surface area contributed by atoms with E-state index in [1.165, 1.54) is 19.9 Å². The van der Waals surface area contributed by atoms with Crippen molar-refractivity contribution >= 4 is 17.6 Å². The van der Waals surface area contributed by atoms with Gasteiger partial charge in [0.25, 0.3) is 5.91 Å². The molecule has 1 amide bonds. The lowest BCUT2D eigenvalue weighted by Gasteiger charge is -2.13. The van der Waals surface area contributed by atoms with Gasteiger partial charge in [-0.1, -0.05) is 0 Å². The SMILES string of the molecule is Cc1c(N)cc(C(=O)OC(C)C(=O)NC2CC2)cc1F. The first-order valence-electron chi connectivity index (χ1n) is 6.45. The van der Waals surface area contributed by atoms with Gasteiger partial charge in [0.05, 0.1) is 5.56 Å². The number of amides is 1. The molecule has 0 heterocycles. The zero-order chi connectivity index (χ0) is 14.9. The Morgan fingerprint density at radius 3 is 2.65 bits per heavy atom. The fraction of sp³-hybridized carbons (Fsp3) is 0.429. The number of hydrogen-bond acceptors (Lipinski definition) is 4. The second kappa shape index (κ2) is 5.48. The summed E-state index contributed by atoms with van der Waals surface area (Å²) in [4.78, 5) is 23.5. The van der Waals surface area contributed by atoms with Crippen LogP contribution in [-0.4, -0.2) is 24.0 Å². The van der Waals surface area contributed by atoms with Crippen molar-refractivity contribution in [2.45, 2.75) is 38.8 Å². The number of benzene rings is 1. The fourth-order valence-corrected chi connectivity index (χ4v) is 1.65. The first-order chi connectivity index (χ1) is 9.38. The van der Waals surface area contributed by atoms with E-state index in [0.717, 1.165) is 18.9 Å². The Morgan fingerprint density at radius 1 is 1.45 bits per heavy atom. The largest absolute Gasteiger partial charge is 0.449 e. The summed E-state index contributed by atoms with van der Waals surface area (Å²) >= 11 is 0. The molecule has 1 aliphatic rings. The van der Waals surface area contributed by atoms with Gasteiger partial charge in [0.1, 0.15) is 5.82 Å². The number of ether oxygens (including phenoxy) is 1. The van der Waals surface area contributed by atoms with Crippen molar-refractivity contribution in [2.24, 2.45) is 0 Å². The highest BCUT2D eigenvalue weighted by Crippen LogP contribution is 2.20. The number of rotatable bonds is 4. The number of carbonyl (C=O) groups is 2. The number of nitrogens with one attached hydrogen (secondary N) is 1. The van der Waals surface area contributed by atoms with Gasteiger partial charge < -0.3 is 15.8 Å². The highest BCUT2D eigenvalue weighted by molar-refractivity contribution is 5.93. The molecule has 0 aromatic heterocycles. The second-order valence-electron chi connectivity index (χ2n) is 5.00. The lowest BCUT2D eigenvalue weighted by Crippen LogP contribution is -2.37. The molecule has 1 unspecified atom stereocenters. The molecule has 1 fully saturated rings. The molecule has 0 radical (unpaired) electrons. The number of nitrogen functional groups attached to an aromatic ring is 1. The van der Waals surface area contributed by atoms with Gasteiger partial charge in [-0.3, -0.25) is 4.79 Å². The van der Waals surface area contributed by atoms with Gasteiger partial charge in [-0.15, -0.1) is 0 Å². The van der Waals surface area contributed by atoms with Gasteiger partial charge in [0.2, 0.25) is 0 Å². The molecule has 0 bridgehead atoms. The van der Waals surface area contributed by atoms with Gasteiger partial charge in [0.15, 0.2) is 6.10 Å². The van der Waals surface area contributed by atoms with Crippen molar-refractivity contribution in [3.05, 3.63) is 29.1 Å². The summed E-state index contributed by atoms with van der Waals surface area (Å²) in [5.41, 5.74) is 6.05. The fourth-order valence-electron chi connectivity index (χ4n) is 1.65. The van der Waals surface area contributed by atoms with E-state index in [9.17, 15) is 14.0 Å². The molecule has 0 spiro atoms. The van der Waals surface area contributed by atoms with Gasteiger partial charge in [-0.2, -0.15) is 0 Å². The van der Waals surface area contributed by atoms with Crippen LogP contribution in [0.4, 0.5) is 10.1 Å². The first kappa shape index (κ1) is 14.3. The van der Waals surface area contributed by atoms with Crippen molar-refractivity contribution in [2.75, 3.05) is 5.73 Å².